The van der Waals surface area contributed by atoms with Crippen LogP contribution in [0.25, 0.3) is 0 Å². The zero-order valence-corrected chi connectivity index (χ0v) is 4.51. The van der Waals surface area contributed by atoms with Crippen LogP contribution in [0.1, 0.15) is 14.5 Å². The monoisotopic (exact) mass is 128 g/mol. The van der Waals surface area contributed by atoms with Crippen LogP contribution in [0.3, 0.4) is 0 Å². The molecule has 1 amide bonds. The summed E-state index contributed by atoms with van der Waals surface area (Å²) in [4.78, 5) is 11.0. The first-order valence-corrected chi connectivity index (χ1v) is 2.30. The molecule has 0 fully saturated rings. The largest absolute Gasteiger partial charge is 0.355 e. The van der Waals surface area contributed by atoms with E-state index < -0.39 is 12.9 Å². The van der Waals surface area contributed by atoms with Crippen LogP contribution in [0.4, 0.5) is 0 Å². The summed E-state index contributed by atoms with van der Waals surface area (Å²) in [5, 5.41) is 7.73. The molecule has 0 spiro atoms. The number of aromatic amines is 1. The van der Waals surface area contributed by atoms with Gasteiger partial charge in [0.15, 0.2) is 0 Å². The zero-order chi connectivity index (χ0) is 9.19. The van der Waals surface area contributed by atoms with E-state index in [1.807, 2.05) is 5.32 Å². The van der Waals surface area contributed by atoms with Gasteiger partial charge in [-0.2, -0.15) is 5.10 Å². The fraction of sp³-hybridized carbons (Fsp3) is 0.200. The van der Waals surface area contributed by atoms with Crippen molar-refractivity contribution >= 4 is 5.91 Å². The van der Waals surface area contributed by atoms with Crippen LogP contribution in [-0.2, 0) is 0 Å². The quantitative estimate of drug-likeness (QED) is 0.548. The molecule has 0 saturated carbocycles. The van der Waals surface area contributed by atoms with Crippen molar-refractivity contribution in [3.8, 4) is 0 Å². The highest BCUT2D eigenvalue weighted by molar-refractivity contribution is 5.93. The zero-order valence-electron chi connectivity index (χ0n) is 7.51. The fourth-order valence-electron chi connectivity index (χ4n) is 0.447. The molecule has 0 aliphatic heterocycles. The molecule has 0 saturated heterocycles. The Hall–Kier alpha value is -1.32. The van der Waals surface area contributed by atoms with E-state index >= 15 is 0 Å². The van der Waals surface area contributed by atoms with E-state index in [0.717, 1.165) is 0 Å². The minimum Gasteiger partial charge on any atom is -0.355 e. The smallest absolute Gasteiger partial charge is 0.254 e. The predicted molar refractivity (Wildman–Crippen MR) is 32.0 cm³/mol. The first-order chi connectivity index (χ1) is 5.49. The van der Waals surface area contributed by atoms with E-state index in [2.05, 4.69) is 10.2 Å². The second-order valence-corrected chi connectivity index (χ2v) is 1.44. The first kappa shape index (κ1) is 3.00. The SMILES string of the molecule is [2H]C([2H])([2H])NC(=O)c1cn[nH]c1. The summed E-state index contributed by atoms with van der Waals surface area (Å²) in [6.45, 7) is -2.45. The van der Waals surface area contributed by atoms with Gasteiger partial charge in [0.25, 0.3) is 5.91 Å². The number of nitrogens with one attached hydrogen (secondary N) is 2. The van der Waals surface area contributed by atoms with Gasteiger partial charge in [-0.3, -0.25) is 9.89 Å². The average Bonchev–Trinajstić information content (AvgIpc) is 2.32. The van der Waals surface area contributed by atoms with Gasteiger partial charge in [-0.15, -0.1) is 0 Å². The van der Waals surface area contributed by atoms with Crippen molar-refractivity contribution in [2.45, 2.75) is 0 Å². The molecule has 0 unspecified atom stereocenters. The Labute approximate surface area is 56.5 Å². The van der Waals surface area contributed by atoms with E-state index in [4.69, 9.17) is 4.11 Å². The van der Waals surface area contributed by atoms with Crippen molar-refractivity contribution in [3.63, 3.8) is 0 Å². The maximum atomic E-state index is 11.0. The number of carbonyl (C=O) groups excluding carboxylic acids is 1. The molecule has 0 radical (unpaired) electrons. The van der Waals surface area contributed by atoms with Crippen LogP contribution >= 0.6 is 0 Å². The van der Waals surface area contributed by atoms with E-state index in [-0.39, 0.29) is 5.56 Å². The van der Waals surface area contributed by atoms with Gasteiger partial charge in [0.05, 0.1) is 11.8 Å². The summed E-state index contributed by atoms with van der Waals surface area (Å²) in [7, 11) is 0. The Balaban J connectivity index is 2.63. The number of nitrogens with zero attached hydrogens (tertiary/aromatic N) is 1. The van der Waals surface area contributed by atoms with Gasteiger partial charge in [0.2, 0.25) is 0 Å². The van der Waals surface area contributed by atoms with Crippen molar-refractivity contribution < 1.29 is 8.91 Å². The summed E-state index contributed by atoms with van der Waals surface area (Å²) in [5.41, 5.74) is 0.200. The highest BCUT2D eigenvalue weighted by atomic mass is 16.1. The van der Waals surface area contributed by atoms with Crippen LogP contribution in [0, 0.1) is 0 Å². The van der Waals surface area contributed by atoms with Crippen LogP contribution in [-0.4, -0.2) is 23.1 Å². The molecule has 1 rings (SSSR count). The second-order valence-electron chi connectivity index (χ2n) is 1.44. The minimum absolute atomic E-state index is 0.200. The molecule has 9 heavy (non-hydrogen) atoms. The molecule has 48 valence electrons. The Bertz CT molecular complexity index is 266. The Morgan fingerprint density at radius 3 is 3.56 bits per heavy atom. The summed E-state index contributed by atoms with van der Waals surface area (Å²) in [6.07, 6.45) is 2.57. The number of carbonyl (C=O) groups is 1. The molecule has 0 atom stereocenters. The molecule has 1 heterocycles. The minimum atomic E-state index is -2.45. The number of rotatable bonds is 1. The third-order valence-corrected chi connectivity index (χ3v) is 0.874. The topological polar surface area (TPSA) is 57.8 Å². The molecule has 0 bridgehead atoms. The highest BCUT2D eigenvalue weighted by Gasteiger charge is 2.00. The normalized spacial score (nSPS) is 15.3. The fourth-order valence-corrected chi connectivity index (χ4v) is 0.447. The Morgan fingerprint density at radius 2 is 3.00 bits per heavy atom. The summed E-state index contributed by atoms with van der Waals surface area (Å²) < 4.78 is 20.2. The van der Waals surface area contributed by atoms with Crippen LogP contribution in [0.15, 0.2) is 12.4 Å². The third kappa shape index (κ3) is 1.07. The lowest BCUT2D eigenvalue weighted by molar-refractivity contribution is 0.0963. The predicted octanol–water partition coefficient (Wildman–Crippen LogP) is -0.231. The number of aromatic nitrogens is 2. The van der Waals surface area contributed by atoms with Gasteiger partial charge in [-0.05, 0) is 0 Å². The van der Waals surface area contributed by atoms with E-state index in [1.165, 1.54) is 12.4 Å². The van der Waals surface area contributed by atoms with Crippen LogP contribution < -0.4 is 5.32 Å². The van der Waals surface area contributed by atoms with Crippen molar-refractivity contribution in [2.24, 2.45) is 0 Å². The first-order valence-electron chi connectivity index (χ1n) is 3.80. The third-order valence-electron chi connectivity index (χ3n) is 0.874. The van der Waals surface area contributed by atoms with Gasteiger partial charge < -0.3 is 5.32 Å². The lowest BCUT2D eigenvalue weighted by atomic mass is 10.3. The summed E-state index contributed by atoms with van der Waals surface area (Å²) >= 11 is 0. The lowest BCUT2D eigenvalue weighted by Crippen LogP contribution is -2.16. The maximum Gasteiger partial charge on any atom is 0.254 e. The van der Waals surface area contributed by atoms with Crippen molar-refractivity contribution in [1.29, 1.82) is 0 Å². The van der Waals surface area contributed by atoms with Crippen molar-refractivity contribution in [3.05, 3.63) is 18.0 Å². The van der Waals surface area contributed by atoms with Gasteiger partial charge in [-0.25, -0.2) is 0 Å². The molecular formula is C5H7N3O. The molecule has 4 nitrogen and oxygen atoms in total. The van der Waals surface area contributed by atoms with Gasteiger partial charge in [0, 0.05) is 17.3 Å². The van der Waals surface area contributed by atoms with Gasteiger partial charge >= 0.3 is 0 Å². The van der Waals surface area contributed by atoms with Crippen LogP contribution in [0.5, 0.6) is 0 Å². The number of amides is 1. The maximum absolute atomic E-state index is 11.0. The second kappa shape index (κ2) is 2.30. The lowest BCUT2D eigenvalue weighted by Gasteiger charge is -1.89. The molecule has 1 aromatic rings. The van der Waals surface area contributed by atoms with Gasteiger partial charge in [0.1, 0.15) is 0 Å². The molecule has 2 N–H and O–H groups in total. The Morgan fingerprint density at radius 1 is 2.11 bits per heavy atom. The van der Waals surface area contributed by atoms with Crippen LogP contribution in [0.2, 0.25) is 0 Å². The number of hydrogen-bond acceptors (Lipinski definition) is 2. The van der Waals surface area contributed by atoms with Crippen molar-refractivity contribution in [2.75, 3.05) is 6.98 Å². The molecule has 4 heteroatoms. The standard InChI is InChI=1S/C5H7N3O/c1-6-5(9)4-2-7-8-3-4/h2-3H,1H3,(H,6,9)(H,7,8)/i1D3. The van der Waals surface area contributed by atoms with E-state index in [1.54, 1.807) is 0 Å². The number of hydrogen-bond donors (Lipinski definition) is 2. The molecule has 0 aromatic carbocycles. The van der Waals surface area contributed by atoms with Gasteiger partial charge in [-0.1, -0.05) is 0 Å². The molecule has 1 aromatic heterocycles. The Kier molecular flexibility index (Phi) is 0.768. The summed E-state index contributed by atoms with van der Waals surface area (Å²) in [6, 6.07) is 0. The number of H-pyrrole nitrogens is 1. The van der Waals surface area contributed by atoms with E-state index in [0.29, 0.717) is 0 Å². The molecular weight excluding hydrogens is 118 g/mol. The highest BCUT2D eigenvalue weighted by Crippen LogP contribution is 1.90. The molecule has 0 aliphatic rings. The molecule has 0 aliphatic carbocycles. The average molecular weight is 128 g/mol. The summed E-state index contributed by atoms with van der Waals surface area (Å²) in [5.74, 6) is -0.663. The van der Waals surface area contributed by atoms with E-state index in [9.17, 15) is 4.79 Å². The van der Waals surface area contributed by atoms with Crippen molar-refractivity contribution in [1.82, 2.24) is 15.5 Å².